The second-order valence-electron chi connectivity index (χ2n) is 9.14. The number of hydrogen-bond donors (Lipinski definition) is 6. The lowest BCUT2D eigenvalue weighted by atomic mass is 10.2. The Morgan fingerprint density at radius 3 is 1.40 bits per heavy atom. The lowest BCUT2D eigenvalue weighted by molar-refractivity contribution is 0.248. The van der Waals surface area contributed by atoms with Gasteiger partial charge in [0.05, 0.1) is 0 Å². The van der Waals surface area contributed by atoms with Gasteiger partial charge in [0.25, 0.3) is 0 Å². The Balaban J connectivity index is 1.53. The van der Waals surface area contributed by atoms with E-state index in [1.807, 2.05) is 18.2 Å². The van der Waals surface area contributed by atoms with Gasteiger partial charge in [-0.05, 0) is 72.8 Å². The van der Waals surface area contributed by atoms with Gasteiger partial charge in [-0.3, -0.25) is 0 Å². The molecule has 0 aromatic heterocycles. The van der Waals surface area contributed by atoms with Gasteiger partial charge in [-0.1, -0.05) is 36.4 Å². The van der Waals surface area contributed by atoms with Crippen molar-refractivity contribution in [3.8, 4) is 34.5 Å². The molecular formula is C32H26N4O7. The van der Waals surface area contributed by atoms with Gasteiger partial charge in [0.15, 0.2) is 0 Å². The van der Waals surface area contributed by atoms with Gasteiger partial charge >= 0.3 is 12.1 Å². The average molecular weight is 579 g/mol. The Morgan fingerprint density at radius 2 is 0.930 bits per heavy atom. The molecule has 0 fully saturated rings. The highest BCUT2D eigenvalue weighted by molar-refractivity contribution is 6.14. The number of carbonyl (C=O) groups excluding carboxylic acids is 2. The second kappa shape index (κ2) is 12.4. The molecule has 43 heavy (non-hydrogen) atoms. The molecule has 0 saturated carbocycles. The van der Waals surface area contributed by atoms with Gasteiger partial charge < -0.3 is 35.8 Å². The molecule has 5 aromatic rings. The minimum Gasteiger partial charge on any atom is -0.508 e. The predicted octanol–water partition coefficient (Wildman–Crippen LogP) is 6.99. The van der Waals surface area contributed by atoms with Crippen molar-refractivity contribution in [1.29, 1.82) is 0 Å². The first kappa shape index (κ1) is 28.2. The van der Waals surface area contributed by atoms with Gasteiger partial charge in [0.1, 0.15) is 45.9 Å². The summed E-state index contributed by atoms with van der Waals surface area (Å²) in [5.41, 5.74) is 0.266. The van der Waals surface area contributed by atoms with Crippen molar-refractivity contribution < 1.29 is 34.8 Å². The molecule has 0 saturated heterocycles. The molecule has 0 bridgehead atoms. The number of phenolic OH excluding ortho intramolecular Hbond substituents is 4. The lowest BCUT2D eigenvalue weighted by Gasteiger charge is -2.35. The summed E-state index contributed by atoms with van der Waals surface area (Å²) in [6.07, 6.45) is 0. The Morgan fingerprint density at radius 1 is 0.512 bits per heavy atom. The van der Waals surface area contributed by atoms with Crippen LogP contribution in [0.15, 0.2) is 121 Å². The van der Waals surface area contributed by atoms with Crippen molar-refractivity contribution in [2.75, 3.05) is 20.7 Å². The van der Waals surface area contributed by atoms with Gasteiger partial charge in [-0.2, -0.15) is 10.0 Å². The molecule has 0 radical (unpaired) electrons. The van der Waals surface area contributed by atoms with Crippen molar-refractivity contribution in [3.05, 3.63) is 121 Å². The zero-order valence-electron chi connectivity index (χ0n) is 22.5. The quantitative estimate of drug-likeness (QED) is 0.119. The fourth-order valence-electron chi connectivity index (χ4n) is 4.10. The third-order valence-electron chi connectivity index (χ3n) is 6.07. The zero-order valence-corrected chi connectivity index (χ0v) is 22.5. The largest absolute Gasteiger partial charge is 0.508 e. The number of amides is 4. The first-order chi connectivity index (χ1) is 20.8. The summed E-state index contributed by atoms with van der Waals surface area (Å²) in [5, 5.41) is 48.2. The van der Waals surface area contributed by atoms with Crippen LogP contribution in [0.4, 0.5) is 32.3 Å². The molecule has 0 atom stereocenters. The number of hydrogen-bond acceptors (Lipinski definition) is 7. The molecule has 0 aliphatic carbocycles. The summed E-state index contributed by atoms with van der Waals surface area (Å²) in [5.74, 6) is -0.522. The summed E-state index contributed by atoms with van der Waals surface area (Å²) in [6, 6.07) is 29.0. The highest BCUT2D eigenvalue weighted by Gasteiger charge is 2.33. The van der Waals surface area contributed by atoms with E-state index >= 15 is 0 Å². The minimum absolute atomic E-state index is 0.208. The van der Waals surface area contributed by atoms with E-state index in [1.165, 1.54) is 24.3 Å². The number of para-hydroxylation sites is 2. The van der Waals surface area contributed by atoms with Crippen LogP contribution in [0.2, 0.25) is 0 Å². The van der Waals surface area contributed by atoms with E-state index in [4.69, 9.17) is 4.74 Å². The number of aromatic hydroxyl groups is 4. The third kappa shape index (κ3) is 6.69. The number of carbonyl (C=O) groups is 2. The molecule has 0 unspecified atom stereocenters. The number of hydrazine groups is 1. The molecule has 6 N–H and O–H groups in total. The van der Waals surface area contributed by atoms with E-state index < -0.39 is 23.6 Å². The first-order valence-electron chi connectivity index (χ1n) is 12.9. The SMILES string of the molecule is O=C(Nc1ccccc1)N(c1ccc(O)cc1O)N(C(=O)Nc1ccc(Oc2ccccc2)cc1)c1ccc(O)cc1O. The van der Waals surface area contributed by atoms with Crippen LogP contribution in [-0.2, 0) is 0 Å². The second-order valence-corrected chi connectivity index (χ2v) is 9.14. The van der Waals surface area contributed by atoms with Crippen molar-refractivity contribution >= 4 is 34.8 Å². The average Bonchev–Trinajstić information content (AvgIpc) is 2.99. The number of nitrogens with zero attached hydrogens (tertiary/aromatic N) is 2. The fourth-order valence-corrected chi connectivity index (χ4v) is 4.10. The number of anilines is 4. The van der Waals surface area contributed by atoms with Crippen LogP contribution in [0.25, 0.3) is 0 Å². The molecule has 0 heterocycles. The molecule has 4 amide bonds. The van der Waals surface area contributed by atoms with Gasteiger partial charge in [-0.15, -0.1) is 0 Å². The van der Waals surface area contributed by atoms with E-state index in [0.717, 1.165) is 22.2 Å². The van der Waals surface area contributed by atoms with Crippen molar-refractivity contribution in [3.63, 3.8) is 0 Å². The van der Waals surface area contributed by atoms with Crippen LogP contribution in [0.1, 0.15) is 0 Å². The van der Waals surface area contributed by atoms with Crippen LogP contribution in [0.5, 0.6) is 34.5 Å². The van der Waals surface area contributed by atoms with Gasteiger partial charge in [0.2, 0.25) is 0 Å². The minimum atomic E-state index is -0.923. The Labute approximate surface area is 246 Å². The van der Waals surface area contributed by atoms with Gasteiger partial charge in [0, 0.05) is 23.5 Å². The lowest BCUT2D eigenvalue weighted by Crippen LogP contribution is -2.54. The third-order valence-corrected chi connectivity index (χ3v) is 6.07. The summed E-state index contributed by atoms with van der Waals surface area (Å²) in [7, 11) is 0. The number of rotatable bonds is 6. The maximum atomic E-state index is 13.9. The van der Waals surface area contributed by atoms with E-state index in [9.17, 15) is 30.0 Å². The molecule has 216 valence electrons. The topological polar surface area (TPSA) is 155 Å². The highest BCUT2D eigenvalue weighted by atomic mass is 16.5. The number of ether oxygens (including phenoxy) is 1. The maximum Gasteiger partial charge on any atom is 0.346 e. The molecule has 5 rings (SSSR count). The summed E-state index contributed by atoms with van der Waals surface area (Å²) < 4.78 is 5.80. The van der Waals surface area contributed by atoms with Crippen LogP contribution in [-0.4, -0.2) is 32.5 Å². The van der Waals surface area contributed by atoms with Crippen LogP contribution in [0.3, 0.4) is 0 Å². The Bertz CT molecular complexity index is 1730. The van der Waals surface area contributed by atoms with Crippen LogP contribution in [0, 0.1) is 0 Å². The van der Waals surface area contributed by atoms with E-state index in [1.54, 1.807) is 66.7 Å². The Hall–Kier alpha value is -6.36. The monoisotopic (exact) mass is 578 g/mol. The fraction of sp³-hybridized carbons (Fsp3) is 0. The van der Waals surface area contributed by atoms with Crippen LogP contribution < -0.4 is 25.4 Å². The molecule has 0 spiro atoms. The molecule has 0 aliphatic rings. The van der Waals surface area contributed by atoms with E-state index in [2.05, 4.69) is 10.6 Å². The molecule has 0 aliphatic heterocycles. The smallest absolute Gasteiger partial charge is 0.346 e. The molecule has 11 heteroatoms. The number of phenols is 4. The Kier molecular flexibility index (Phi) is 8.15. The molecule has 11 nitrogen and oxygen atoms in total. The number of benzene rings is 5. The molecule has 5 aromatic carbocycles. The van der Waals surface area contributed by atoms with Crippen molar-refractivity contribution in [2.45, 2.75) is 0 Å². The summed E-state index contributed by atoms with van der Waals surface area (Å²) in [4.78, 5) is 27.7. The van der Waals surface area contributed by atoms with E-state index in [-0.39, 0.29) is 22.9 Å². The normalized spacial score (nSPS) is 10.4. The van der Waals surface area contributed by atoms with Crippen LogP contribution >= 0.6 is 0 Å². The summed E-state index contributed by atoms with van der Waals surface area (Å²) in [6.45, 7) is 0. The first-order valence-corrected chi connectivity index (χ1v) is 12.9. The number of urea groups is 2. The van der Waals surface area contributed by atoms with Gasteiger partial charge in [-0.25, -0.2) is 9.59 Å². The maximum absolute atomic E-state index is 13.9. The van der Waals surface area contributed by atoms with Crippen molar-refractivity contribution in [1.82, 2.24) is 0 Å². The standard InChI is InChI=1S/C32H26N4O7/c37-23-13-17-27(29(39)19-23)35(31(41)33-21-7-3-1-4-8-21)36(28-18-14-24(38)20-30(28)40)32(42)34-22-11-15-26(16-12-22)43-25-9-5-2-6-10-25/h1-20,37-40H,(H,33,41)(H,34,42). The highest BCUT2D eigenvalue weighted by Crippen LogP contribution is 2.38. The number of nitrogens with one attached hydrogen (secondary N) is 2. The predicted molar refractivity (Wildman–Crippen MR) is 162 cm³/mol. The summed E-state index contributed by atoms with van der Waals surface area (Å²) >= 11 is 0. The van der Waals surface area contributed by atoms with Crippen molar-refractivity contribution in [2.24, 2.45) is 0 Å². The zero-order chi connectivity index (χ0) is 30.3. The van der Waals surface area contributed by atoms with E-state index in [0.29, 0.717) is 22.9 Å². The molecular weight excluding hydrogens is 552 g/mol.